The second kappa shape index (κ2) is 5.63. The van der Waals surface area contributed by atoms with Crippen molar-refractivity contribution in [2.45, 2.75) is 12.5 Å². The number of anilines is 2. The number of para-hydroxylation sites is 1. The molecule has 5 heteroatoms. The van der Waals surface area contributed by atoms with Gasteiger partial charge in [-0.15, -0.1) is 0 Å². The maximum Gasteiger partial charge on any atom is 0.249 e. The number of carbonyl (C=O) groups is 1. The second-order valence-electron chi connectivity index (χ2n) is 4.70. The molecule has 1 aromatic heterocycles. The molecule has 102 valence electrons. The van der Waals surface area contributed by atoms with Crippen molar-refractivity contribution in [1.29, 1.82) is 0 Å². The molecule has 1 N–H and O–H groups in total. The van der Waals surface area contributed by atoms with E-state index >= 15 is 0 Å². The van der Waals surface area contributed by atoms with Gasteiger partial charge in [0.25, 0.3) is 0 Å². The van der Waals surface area contributed by atoms with E-state index in [0.29, 0.717) is 0 Å². The third-order valence-corrected chi connectivity index (χ3v) is 3.75. The average molecular weight is 332 g/mol. The van der Waals surface area contributed by atoms with E-state index in [1.165, 1.54) is 0 Å². The Morgan fingerprint density at radius 3 is 2.80 bits per heavy atom. The SMILES string of the molecule is O=C1C(Nc2cncc(Br)c2)CCN1c1ccccc1. The van der Waals surface area contributed by atoms with Crippen LogP contribution >= 0.6 is 15.9 Å². The third-order valence-electron chi connectivity index (χ3n) is 3.32. The summed E-state index contributed by atoms with van der Waals surface area (Å²) < 4.78 is 0.896. The highest BCUT2D eigenvalue weighted by atomic mass is 79.9. The van der Waals surface area contributed by atoms with Gasteiger partial charge in [0.1, 0.15) is 6.04 Å². The molecule has 2 aromatic rings. The van der Waals surface area contributed by atoms with E-state index in [9.17, 15) is 4.79 Å². The van der Waals surface area contributed by atoms with Crippen LogP contribution < -0.4 is 10.2 Å². The number of carbonyl (C=O) groups excluding carboxylic acids is 1. The van der Waals surface area contributed by atoms with Gasteiger partial charge in [0.05, 0.1) is 11.9 Å². The number of hydrogen-bond donors (Lipinski definition) is 1. The zero-order valence-corrected chi connectivity index (χ0v) is 12.4. The van der Waals surface area contributed by atoms with Crippen LogP contribution in [0, 0.1) is 0 Å². The summed E-state index contributed by atoms with van der Waals surface area (Å²) in [6.07, 6.45) is 4.24. The highest BCUT2D eigenvalue weighted by molar-refractivity contribution is 9.10. The van der Waals surface area contributed by atoms with Crippen molar-refractivity contribution in [2.24, 2.45) is 0 Å². The summed E-state index contributed by atoms with van der Waals surface area (Å²) in [7, 11) is 0. The standard InChI is InChI=1S/C15H14BrN3O/c16-11-8-12(10-17-9-11)18-14-6-7-19(15(14)20)13-4-2-1-3-5-13/h1-5,8-10,14,18H,6-7H2. The molecule has 20 heavy (non-hydrogen) atoms. The van der Waals surface area contributed by atoms with Crippen molar-refractivity contribution in [3.63, 3.8) is 0 Å². The lowest BCUT2D eigenvalue weighted by Gasteiger charge is -2.17. The van der Waals surface area contributed by atoms with Gasteiger partial charge in [-0.2, -0.15) is 0 Å². The zero-order valence-electron chi connectivity index (χ0n) is 10.8. The predicted octanol–water partition coefficient (Wildman–Crippen LogP) is 3.06. The molecule has 0 spiro atoms. The van der Waals surface area contributed by atoms with E-state index in [0.717, 1.165) is 28.8 Å². The first-order valence-electron chi connectivity index (χ1n) is 6.47. The number of rotatable bonds is 3. The number of benzene rings is 1. The Kier molecular flexibility index (Phi) is 3.69. The van der Waals surface area contributed by atoms with Gasteiger partial charge in [-0.1, -0.05) is 18.2 Å². The van der Waals surface area contributed by atoms with Gasteiger partial charge in [0.15, 0.2) is 0 Å². The minimum atomic E-state index is -0.189. The monoisotopic (exact) mass is 331 g/mol. The summed E-state index contributed by atoms with van der Waals surface area (Å²) in [6.45, 7) is 0.738. The summed E-state index contributed by atoms with van der Waals surface area (Å²) in [6, 6.07) is 11.5. The van der Waals surface area contributed by atoms with Crippen LogP contribution in [0.1, 0.15) is 6.42 Å². The van der Waals surface area contributed by atoms with Crippen LogP contribution in [0.5, 0.6) is 0 Å². The molecule has 0 radical (unpaired) electrons. The van der Waals surface area contributed by atoms with E-state index in [1.54, 1.807) is 12.4 Å². The van der Waals surface area contributed by atoms with Crippen LogP contribution in [0.15, 0.2) is 53.3 Å². The molecule has 3 rings (SSSR count). The molecule has 1 aliphatic rings. The molecule has 0 aliphatic carbocycles. The van der Waals surface area contributed by atoms with Gasteiger partial charge in [0.2, 0.25) is 5.91 Å². The van der Waals surface area contributed by atoms with Crippen molar-refractivity contribution in [2.75, 3.05) is 16.8 Å². The Balaban J connectivity index is 1.73. The van der Waals surface area contributed by atoms with Crippen molar-refractivity contribution in [1.82, 2.24) is 4.98 Å². The minimum Gasteiger partial charge on any atom is -0.372 e. The molecule has 1 aliphatic heterocycles. The molecule has 2 heterocycles. The molecular formula is C15H14BrN3O. The minimum absolute atomic E-state index is 0.108. The first-order chi connectivity index (χ1) is 9.74. The molecule has 1 atom stereocenters. The molecule has 1 fully saturated rings. The Morgan fingerprint density at radius 1 is 1.25 bits per heavy atom. The van der Waals surface area contributed by atoms with E-state index in [4.69, 9.17) is 0 Å². The normalized spacial score (nSPS) is 18.4. The maximum absolute atomic E-state index is 12.4. The largest absolute Gasteiger partial charge is 0.372 e. The van der Waals surface area contributed by atoms with E-state index in [2.05, 4.69) is 26.2 Å². The number of hydrogen-bond acceptors (Lipinski definition) is 3. The van der Waals surface area contributed by atoms with Crippen molar-refractivity contribution in [3.8, 4) is 0 Å². The van der Waals surface area contributed by atoms with Gasteiger partial charge >= 0.3 is 0 Å². The summed E-state index contributed by atoms with van der Waals surface area (Å²) in [5.74, 6) is 0.108. The number of pyridine rings is 1. The van der Waals surface area contributed by atoms with Gasteiger partial charge < -0.3 is 10.2 Å². The number of amides is 1. The summed E-state index contributed by atoms with van der Waals surface area (Å²) in [4.78, 5) is 18.3. The number of nitrogens with zero attached hydrogens (tertiary/aromatic N) is 2. The van der Waals surface area contributed by atoms with Gasteiger partial charge in [-0.05, 0) is 40.5 Å². The molecule has 1 amide bonds. The molecule has 1 unspecified atom stereocenters. The second-order valence-corrected chi connectivity index (χ2v) is 5.62. The fraction of sp³-hybridized carbons (Fsp3) is 0.200. The highest BCUT2D eigenvalue weighted by Crippen LogP contribution is 2.24. The van der Waals surface area contributed by atoms with E-state index in [-0.39, 0.29) is 11.9 Å². The predicted molar refractivity (Wildman–Crippen MR) is 82.8 cm³/mol. The molecule has 0 saturated carbocycles. The molecule has 1 aromatic carbocycles. The Labute approximate surface area is 126 Å². The Morgan fingerprint density at radius 2 is 2.05 bits per heavy atom. The van der Waals surface area contributed by atoms with Crippen molar-refractivity contribution in [3.05, 3.63) is 53.3 Å². The molecule has 4 nitrogen and oxygen atoms in total. The maximum atomic E-state index is 12.4. The lowest BCUT2D eigenvalue weighted by atomic mass is 10.2. The Bertz CT molecular complexity index is 618. The molecule has 1 saturated heterocycles. The first-order valence-corrected chi connectivity index (χ1v) is 7.27. The van der Waals surface area contributed by atoms with Gasteiger partial charge in [-0.3, -0.25) is 9.78 Å². The summed E-state index contributed by atoms with van der Waals surface area (Å²) in [5, 5.41) is 3.25. The van der Waals surface area contributed by atoms with Crippen LogP contribution in [-0.4, -0.2) is 23.5 Å². The fourth-order valence-corrected chi connectivity index (χ4v) is 2.73. The highest BCUT2D eigenvalue weighted by Gasteiger charge is 2.32. The van der Waals surface area contributed by atoms with Crippen molar-refractivity contribution < 1.29 is 4.79 Å². The van der Waals surface area contributed by atoms with Crippen molar-refractivity contribution >= 4 is 33.2 Å². The quantitative estimate of drug-likeness (QED) is 0.940. The summed E-state index contributed by atoms with van der Waals surface area (Å²) in [5.41, 5.74) is 1.81. The van der Waals surface area contributed by atoms with Gasteiger partial charge in [0, 0.05) is 22.9 Å². The van der Waals surface area contributed by atoms with Crippen LogP contribution in [0.4, 0.5) is 11.4 Å². The van der Waals surface area contributed by atoms with Crippen LogP contribution in [0.25, 0.3) is 0 Å². The molecule has 0 bridgehead atoms. The van der Waals surface area contributed by atoms with Crippen LogP contribution in [0.3, 0.4) is 0 Å². The lowest BCUT2D eigenvalue weighted by Crippen LogP contribution is -2.33. The first kappa shape index (κ1) is 13.1. The number of nitrogens with one attached hydrogen (secondary N) is 1. The number of aromatic nitrogens is 1. The van der Waals surface area contributed by atoms with Gasteiger partial charge in [-0.25, -0.2) is 0 Å². The third kappa shape index (κ3) is 2.67. The van der Waals surface area contributed by atoms with Crippen LogP contribution in [-0.2, 0) is 4.79 Å². The Hall–Kier alpha value is -1.88. The van der Waals surface area contributed by atoms with E-state index < -0.39 is 0 Å². The number of halogens is 1. The fourth-order valence-electron chi connectivity index (χ4n) is 2.37. The van der Waals surface area contributed by atoms with Crippen LogP contribution in [0.2, 0.25) is 0 Å². The van der Waals surface area contributed by atoms with E-state index in [1.807, 2.05) is 41.3 Å². The average Bonchev–Trinajstić information content (AvgIpc) is 2.81. The molecular weight excluding hydrogens is 318 g/mol. The smallest absolute Gasteiger partial charge is 0.249 e. The zero-order chi connectivity index (χ0) is 13.9. The summed E-state index contributed by atoms with van der Waals surface area (Å²) >= 11 is 3.38. The lowest BCUT2D eigenvalue weighted by molar-refractivity contribution is -0.117. The topological polar surface area (TPSA) is 45.2 Å².